The molecule has 5 rings (SSSR count). The van der Waals surface area contributed by atoms with Gasteiger partial charge < -0.3 is 0 Å². The Labute approximate surface area is 204 Å². The van der Waals surface area contributed by atoms with Crippen LogP contribution < -0.4 is 8.92 Å². The average molecular weight is 544 g/mol. The molecule has 0 N–H and O–H groups in total. The molecule has 0 saturated carbocycles. The van der Waals surface area contributed by atoms with Gasteiger partial charge in [0, 0.05) is 0 Å². The summed E-state index contributed by atoms with van der Waals surface area (Å²) in [5.74, 6) is 0. The van der Waals surface area contributed by atoms with Crippen LogP contribution in [-0.2, 0) is 5.41 Å². The van der Waals surface area contributed by atoms with Crippen LogP contribution >= 0.6 is 0 Å². The monoisotopic (exact) mass is 546 g/mol. The molecule has 1 aliphatic rings. The zero-order valence-electron chi connectivity index (χ0n) is 18.4. The predicted molar refractivity (Wildman–Crippen MR) is 138 cm³/mol. The summed E-state index contributed by atoms with van der Waals surface area (Å²) in [4.78, 5) is 0. The van der Waals surface area contributed by atoms with E-state index in [-0.39, 0.29) is 5.41 Å². The van der Waals surface area contributed by atoms with Gasteiger partial charge in [0.25, 0.3) is 0 Å². The minimum atomic E-state index is -0.00478. The Balaban J connectivity index is 1.64. The van der Waals surface area contributed by atoms with E-state index in [2.05, 4.69) is 123 Å². The molecular weight excluding hydrogens is 518 g/mol. The van der Waals surface area contributed by atoms with Crippen molar-refractivity contribution < 1.29 is 0 Å². The third-order valence-electron chi connectivity index (χ3n) is 6.10. The molecule has 4 aromatic carbocycles. The second kappa shape index (κ2) is 9.26. The van der Waals surface area contributed by atoms with Crippen LogP contribution in [0.15, 0.2) is 118 Å². The molecule has 0 fully saturated rings. The van der Waals surface area contributed by atoms with Gasteiger partial charge in [-0.3, -0.25) is 0 Å². The number of hydrogen-bond donors (Lipinski definition) is 0. The number of hydrogen-bond acceptors (Lipinski definition) is 0. The van der Waals surface area contributed by atoms with E-state index in [4.69, 9.17) is 0 Å². The summed E-state index contributed by atoms with van der Waals surface area (Å²) in [6, 6.07) is 40.7. The number of benzene rings is 4. The zero-order chi connectivity index (χ0) is 22.0. The molecule has 0 saturated heterocycles. The second-order valence-electron chi connectivity index (χ2n) is 8.40. The van der Waals surface area contributed by atoms with Crippen LogP contribution in [-0.4, -0.2) is 29.9 Å². The van der Waals surface area contributed by atoms with Crippen LogP contribution in [0.4, 0.5) is 0 Å². The molecule has 0 atom stereocenters. The van der Waals surface area contributed by atoms with Crippen LogP contribution in [0.1, 0.15) is 28.7 Å². The Kier molecular flexibility index (Phi) is 6.22. The molecule has 0 spiro atoms. The van der Waals surface area contributed by atoms with E-state index in [0.717, 1.165) is 6.42 Å². The molecule has 1 aliphatic carbocycles. The van der Waals surface area contributed by atoms with Crippen molar-refractivity contribution >= 4 is 38.8 Å². The zero-order valence-corrected chi connectivity index (χ0v) is 21.8. The van der Waals surface area contributed by atoms with Crippen molar-refractivity contribution in [3.63, 3.8) is 0 Å². The van der Waals surface area contributed by atoms with Crippen molar-refractivity contribution in [2.75, 3.05) is 0 Å². The Bertz CT molecular complexity index is 1180. The van der Waals surface area contributed by atoms with E-state index in [1.54, 1.807) is 8.94 Å². The Hall–Kier alpha value is -2.34. The molecule has 0 amide bonds. The summed E-state index contributed by atoms with van der Waals surface area (Å²) in [5.41, 5.74) is 5.51. The summed E-state index contributed by atoms with van der Waals surface area (Å²) in [5, 5.41) is 0. The van der Waals surface area contributed by atoms with E-state index in [0.29, 0.717) is 29.9 Å². The topological polar surface area (TPSA) is 0 Å². The van der Waals surface area contributed by atoms with Crippen LogP contribution in [0.2, 0.25) is 0 Å². The first-order chi connectivity index (χ1) is 15.6. The molecule has 158 valence electrons. The maximum atomic E-state index is 2.33. The number of rotatable bonds is 6. The van der Waals surface area contributed by atoms with Crippen molar-refractivity contribution in [1.82, 2.24) is 0 Å². The summed E-state index contributed by atoms with van der Waals surface area (Å²) in [6.07, 6.45) is 1.12. The van der Waals surface area contributed by atoms with Gasteiger partial charge in [-0.25, -0.2) is 0 Å². The molecule has 0 bridgehead atoms. The minimum absolute atomic E-state index is 0.00478. The third kappa shape index (κ3) is 4.17. The number of allylic oxidation sites excluding steroid dienone is 2. The Morgan fingerprint density at radius 1 is 0.531 bits per heavy atom. The fourth-order valence-electron chi connectivity index (χ4n) is 4.31. The van der Waals surface area contributed by atoms with E-state index < -0.39 is 0 Å². The Morgan fingerprint density at radius 3 is 1.44 bits per heavy atom. The predicted octanol–water partition coefficient (Wildman–Crippen LogP) is 5.26. The molecule has 2 heteroatoms. The second-order valence-corrected chi connectivity index (χ2v) is 13.1. The van der Waals surface area contributed by atoms with Gasteiger partial charge in [-0.2, -0.15) is 0 Å². The fourth-order valence-corrected chi connectivity index (χ4v) is 10.0. The van der Waals surface area contributed by atoms with E-state index >= 15 is 0 Å². The van der Waals surface area contributed by atoms with Crippen molar-refractivity contribution in [2.24, 2.45) is 0 Å². The van der Waals surface area contributed by atoms with Crippen LogP contribution in [0.25, 0.3) is 0 Å². The van der Waals surface area contributed by atoms with E-state index in [9.17, 15) is 0 Å². The summed E-state index contributed by atoms with van der Waals surface area (Å²) in [6.45, 7) is 4.34. The quantitative estimate of drug-likeness (QED) is 0.291. The molecule has 32 heavy (non-hydrogen) atoms. The van der Waals surface area contributed by atoms with Gasteiger partial charge in [-0.15, -0.1) is 0 Å². The van der Waals surface area contributed by atoms with Gasteiger partial charge in [-0.1, -0.05) is 0 Å². The van der Waals surface area contributed by atoms with Crippen molar-refractivity contribution in [3.05, 3.63) is 140 Å². The molecule has 0 nitrogen and oxygen atoms in total. The Morgan fingerprint density at radius 2 is 0.969 bits per heavy atom. The first-order valence-corrected chi connectivity index (χ1v) is 14.4. The summed E-state index contributed by atoms with van der Waals surface area (Å²) in [7, 11) is 0. The van der Waals surface area contributed by atoms with Gasteiger partial charge >= 0.3 is 205 Å². The maximum absolute atomic E-state index is 2.33. The van der Waals surface area contributed by atoms with Gasteiger partial charge in [-0.05, 0) is 0 Å². The van der Waals surface area contributed by atoms with Gasteiger partial charge in [0.05, 0.1) is 0 Å². The van der Waals surface area contributed by atoms with Gasteiger partial charge in [0.1, 0.15) is 0 Å². The van der Waals surface area contributed by atoms with E-state index in [1.165, 1.54) is 31.2 Å². The molecule has 0 aliphatic heterocycles. The molecule has 0 unspecified atom stereocenters. The van der Waals surface area contributed by atoms with E-state index in [1.807, 2.05) is 0 Å². The summed E-state index contributed by atoms with van der Waals surface area (Å²) >= 11 is 0.655. The SMILES string of the molecule is Cc1ccc([Se]C2=C([Se]c3ccc(C)cc3)C(c3ccccc3)(c3ccccc3)C2)cc1. The fraction of sp³-hybridized carbons (Fsp3) is 0.133. The van der Waals surface area contributed by atoms with Crippen molar-refractivity contribution in [3.8, 4) is 0 Å². The van der Waals surface area contributed by atoms with Gasteiger partial charge in [0.15, 0.2) is 0 Å². The standard InChI is InChI=1S/C30H26Se2/c1-22-13-17-26(18-14-22)31-28-21-30(24-9-5-3-6-10-24,25-11-7-4-8-12-25)29(28)32-27-19-15-23(2)16-20-27/h3-20H,21H2,1-2H3. The third-order valence-corrected chi connectivity index (χ3v) is 11.8. The van der Waals surface area contributed by atoms with Crippen LogP contribution in [0.5, 0.6) is 0 Å². The first-order valence-electron chi connectivity index (χ1n) is 11.0. The van der Waals surface area contributed by atoms with Crippen molar-refractivity contribution in [2.45, 2.75) is 25.7 Å². The summed E-state index contributed by atoms with van der Waals surface area (Å²) < 4.78 is 6.28. The molecule has 0 heterocycles. The normalized spacial score (nSPS) is 14.8. The molecule has 4 aromatic rings. The van der Waals surface area contributed by atoms with Crippen molar-refractivity contribution in [1.29, 1.82) is 0 Å². The average Bonchev–Trinajstić information content (AvgIpc) is 2.83. The molecular formula is C30H26Se2. The first kappa shape index (κ1) is 21.5. The molecule has 0 aromatic heterocycles. The van der Waals surface area contributed by atoms with Crippen LogP contribution in [0, 0.1) is 13.8 Å². The van der Waals surface area contributed by atoms with Crippen LogP contribution in [0.3, 0.4) is 0 Å². The van der Waals surface area contributed by atoms with Gasteiger partial charge in [0.2, 0.25) is 0 Å². The number of aryl methyl sites for hydroxylation is 2. The molecule has 0 radical (unpaired) electrons.